The molecule has 0 atom stereocenters. The number of hydrogen-bond acceptors (Lipinski definition) is 5. The summed E-state index contributed by atoms with van der Waals surface area (Å²) >= 11 is 0. The summed E-state index contributed by atoms with van der Waals surface area (Å²) in [5.41, 5.74) is 0.290. The molecular weight excluding hydrogens is 354 g/mol. The predicted octanol–water partition coefficient (Wildman–Crippen LogP) is 4.15. The highest BCUT2D eigenvalue weighted by atomic mass is 19.1. The average molecular weight is 370 g/mol. The fourth-order valence-electron chi connectivity index (χ4n) is 2.24. The van der Waals surface area contributed by atoms with Crippen LogP contribution in [-0.4, -0.2) is 22.5 Å². The third-order valence-electron chi connectivity index (χ3n) is 3.54. The summed E-state index contributed by atoms with van der Waals surface area (Å²) in [6.45, 7) is 2.48. The lowest BCUT2D eigenvalue weighted by Crippen LogP contribution is -2.15. The van der Waals surface area contributed by atoms with Crippen molar-refractivity contribution in [3.05, 3.63) is 72.1 Å². The summed E-state index contributed by atoms with van der Waals surface area (Å²) < 4.78 is 32.6. The van der Waals surface area contributed by atoms with E-state index in [9.17, 15) is 13.6 Å². The van der Waals surface area contributed by atoms with Crippen molar-refractivity contribution in [2.75, 3.05) is 17.2 Å². The van der Waals surface area contributed by atoms with Gasteiger partial charge in [-0.1, -0.05) is 6.07 Å². The van der Waals surface area contributed by atoms with Gasteiger partial charge in [-0.25, -0.2) is 18.7 Å². The van der Waals surface area contributed by atoms with Crippen LogP contribution in [0.3, 0.4) is 0 Å². The van der Waals surface area contributed by atoms with Crippen molar-refractivity contribution in [2.24, 2.45) is 0 Å². The SMILES string of the molecule is CCOc1ccc(Nc2ncc(C(=O)Nc3c(F)cccc3F)cn2)cc1. The van der Waals surface area contributed by atoms with E-state index in [1.165, 1.54) is 18.5 Å². The first-order valence-corrected chi connectivity index (χ1v) is 8.14. The number of ether oxygens (including phenoxy) is 1. The van der Waals surface area contributed by atoms with Gasteiger partial charge in [0.05, 0.1) is 12.2 Å². The first-order valence-electron chi connectivity index (χ1n) is 8.14. The molecule has 8 heteroatoms. The highest BCUT2D eigenvalue weighted by molar-refractivity contribution is 6.04. The number of para-hydroxylation sites is 1. The second-order valence-electron chi connectivity index (χ2n) is 5.43. The van der Waals surface area contributed by atoms with Crippen molar-refractivity contribution >= 4 is 23.2 Å². The largest absolute Gasteiger partial charge is 0.494 e. The number of nitrogens with one attached hydrogen (secondary N) is 2. The Kier molecular flexibility index (Phi) is 5.55. The number of rotatable bonds is 6. The molecule has 3 aromatic rings. The Morgan fingerprint density at radius 2 is 1.67 bits per heavy atom. The zero-order chi connectivity index (χ0) is 19.2. The van der Waals surface area contributed by atoms with E-state index in [2.05, 4.69) is 20.6 Å². The molecule has 0 aliphatic rings. The number of nitrogens with zero attached hydrogens (tertiary/aromatic N) is 2. The second kappa shape index (κ2) is 8.22. The first-order chi connectivity index (χ1) is 13.1. The number of carbonyl (C=O) groups is 1. The lowest BCUT2D eigenvalue weighted by Gasteiger charge is -2.08. The van der Waals surface area contributed by atoms with Crippen LogP contribution in [0.25, 0.3) is 0 Å². The average Bonchev–Trinajstić information content (AvgIpc) is 2.67. The van der Waals surface area contributed by atoms with Gasteiger partial charge in [-0.15, -0.1) is 0 Å². The molecule has 1 heterocycles. The Balaban J connectivity index is 1.66. The third kappa shape index (κ3) is 4.55. The maximum Gasteiger partial charge on any atom is 0.258 e. The number of amides is 1. The molecule has 2 aromatic carbocycles. The van der Waals surface area contributed by atoms with E-state index in [0.29, 0.717) is 6.61 Å². The first kappa shape index (κ1) is 18.2. The van der Waals surface area contributed by atoms with Gasteiger partial charge in [-0.3, -0.25) is 4.79 Å². The van der Waals surface area contributed by atoms with Gasteiger partial charge in [0.2, 0.25) is 5.95 Å². The van der Waals surface area contributed by atoms with Crippen LogP contribution >= 0.6 is 0 Å². The second-order valence-corrected chi connectivity index (χ2v) is 5.43. The molecule has 0 aliphatic carbocycles. The minimum Gasteiger partial charge on any atom is -0.494 e. The van der Waals surface area contributed by atoms with Crippen LogP contribution in [0.1, 0.15) is 17.3 Å². The molecule has 0 spiro atoms. The summed E-state index contributed by atoms with van der Waals surface area (Å²) in [6, 6.07) is 10.5. The highest BCUT2D eigenvalue weighted by Gasteiger charge is 2.14. The molecule has 0 bridgehead atoms. The van der Waals surface area contributed by atoms with Gasteiger partial charge < -0.3 is 15.4 Å². The molecule has 6 nitrogen and oxygen atoms in total. The molecule has 138 valence electrons. The van der Waals surface area contributed by atoms with Crippen LogP contribution in [0.4, 0.5) is 26.1 Å². The molecular formula is C19H16F2N4O2. The lowest BCUT2D eigenvalue weighted by molar-refractivity contribution is 0.102. The normalized spacial score (nSPS) is 10.3. The number of benzene rings is 2. The molecule has 2 N–H and O–H groups in total. The zero-order valence-corrected chi connectivity index (χ0v) is 14.4. The molecule has 1 amide bonds. The predicted molar refractivity (Wildman–Crippen MR) is 97.2 cm³/mol. The van der Waals surface area contributed by atoms with E-state index in [4.69, 9.17) is 4.74 Å². The molecule has 3 rings (SSSR count). The van der Waals surface area contributed by atoms with Crippen molar-refractivity contribution in [3.8, 4) is 5.75 Å². The van der Waals surface area contributed by atoms with E-state index in [1.54, 1.807) is 24.3 Å². The molecule has 1 aromatic heterocycles. The summed E-state index contributed by atoms with van der Waals surface area (Å²) in [5, 5.41) is 5.16. The van der Waals surface area contributed by atoms with Crippen LogP contribution in [0, 0.1) is 11.6 Å². The van der Waals surface area contributed by atoms with Gasteiger partial charge in [0.25, 0.3) is 5.91 Å². The summed E-state index contributed by atoms with van der Waals surface area (Å²) in [7, 11) is 0. The number of halogens is 2. The van der Waals surface area contributed by atoms with Gasteiger partial charge in [0.1, 0.15) is 23.1 Å². The zero-order valence-electron chi connectivity index (χ0n) is 14.4. The van der Waals surface area contributed by atoms with E-state index in [1.807, 2.05) is 6.92 Å². The van der Waals surface area contributed by atoms with Gasteiger partial charge in [-0.05, 0) is 43.3 Å². The Labute approximate surface area is 154 Å². The fourth-order valence-corrected chi connectivity index (χ4v) is 2.24. The van der Waals surface area contributed by atoms with E-state index >= 15 is 0 Å². The van der Waals surface area contributed by atoms with Gasteiger partial charge in [0, 0.05) is 18.1 Å². The van der Waals surface area contributed by atoms with E-state index in [-0.39, 0.29) is 11.5 Å². The molecule has 27 heavy (non-hydrogen) atoms. The minimum atomic E-state index is -0.863. The van der Waals surface area contributed by atoms with Crippen LogP contribution in [0.15, 0.2) is 54.9 Å². The number of hydrogen-bond donors (Lipinski definition) is 2. The molecule has 0 fully saturated rings. The smallest absolute Gasteiger partial charge is 0.258 e. The Morgan fingerprint density at radius 1 is 1.04 bits per heavy atom. The van der Waals surface area contributed by atoms with Crippen molar-refractivity contribution in [1.29, 1.82) is 0 Å². The Hall–Kier alpha value is -3.55. The van der Waals surface area contributed by atoms with Gasteiger partial charge in [-0.2, -0.15) is 0 Å². The summed E-state index contributed by atoms with van der Waals surface area (Å²) in [4.78, 5) is 20.2. The number of carbonyl (C=O) groups excluding carboxylic acids is 1. The van der Waals surface area contributed by atoms with Crippen molar-refractivity contribution < 1.29 is 18.3 Å². The quantitative estimate of drug-likeness (QED) is 0.682. The number of aromatic nitrogens is 2. The van der Waals surface area contributed by atoms with Crippen LogP contribution in [0.5, 0.6) is 5.75 Å². The molecule has 0 saturated carbocycles. The molecule has 0 aliphatic heterocycles. The topological polar surface area (TPSA) is 76.1 Å². The minimum absolute atomic E-state index is 0.0647. The highest BCUT2D eigenvalue weighted by Crippen LogP contribution is 2.20. The standard InChI is InChI=1S/C19H16F2N4O2/c1-2-27-14-8-6-13(7-9-14)24-19-22-10-12(11-23-19)18(26)25-17-15(20)4-3-5-16(17)21/h3-11H,2H2,1H3,(H,25,26)(H,22,23,24). The molecule has 0 saturated heterocycles. The maximum atomic E-state index is 13.6. The molecule has 0 unspecified atom stereocenters. The van der Waals surface area contributed by atoms with Crippen LogP contribution < -0.4 is 15.4 Å². The van der Waals surface area contributed by atoms with E-state index in [0.717, 1.165) is 23.6 Å². The molecule has 0 radical (unpaired) electrons. The van der Waals surface area contributed by atoms with Gasteiger partial charge in [0.15, 0.2) is 0 Å². The van der Waals surface area contributed by atoms with Crippen molar-refractivity contribution in [1.82, 2.24) is 9.97 Å². The van der Waals surface area contributed by atoms with Crippen LogP contribution in [0.2, 0.25) is 0 Å². The van der Waals surface area contributed by atoms with Crippen LogP contribution in [-0.2, 0) is 0 Å². The lowest BCUT2D eigenvalue weighted by atomic mass is 10.2. The summed E-state index contributed by atoms with van der Waals surface area (Å²) in [6.07, 6.45) is 2.52. The number of anilines is 3. The van der Waals surface area contributed by atoms with Crippen molar-refractivity contribution in [2.45, 2.75) is 6.92 Å². The monoisotopic (exact) mass is 370 g/mol. The van der Waals surface area contributed by atoms with Gasteiger partial charge >= 0.3 is 0 Å². The maximum absolute atomic E-state index is 13.6. The summed E-state index contributed by atoms with van der Waals surface area (Å²) in [5.74, 6) is -1.42. The Morgan fingerprint density at radius 3 is 2.26 bits per heavy atom. The van der Waals surface area contributed by atoms with Crippen molar-refractivity contribution in [3.63, 3.8) is 0 Å². The van der Waals surface area contributed by atoms with E-state index < -0.39 is 23.2 Å². The fraction of sp³-hybridized carbons (Fsp3) is 0.105. The Bertz CT molecular complexity index is 911. The third-order valence-corrected chi connectivity index (χ3v) is 3.54.